The minimum Gasteiger partial charge on any atom is -0.392 e. The minimum atomic E-state index is -0.510. The Morgan fingerprint density at radius 1 is 1.50 bits per heavy atom. The summed E-state index contributed by atoms with van der Waals surface area (Å²) < 4.78 is 0. The smallest absolute Gasteiger partial charge is 0.220 e. The molecular weight excluding hydrogens is 226 g/mol. The van der Waals surface area contributed by atoms with Gasteiger partial charge in [0.2, 0.25) is 5.91 Å². The Bertz CT molecular complexity index is 353. The Morgan fingerprint density at radius 2 is 2.19 bits per heavy atom. The van der Waals surface area contributed by atoms with Gasteiger partial charge >= 0.3 is 0 Å². The van der Waals surface area contributed by atoms with Gasteiger partial charge in [-0.1, -0.05) is 29.8 Å². The van der Waals surface area contributed by atoms with Crippen LogP contribution >= 0.6 is 11.6 Å². The third-order valence-electron chi connectivity index (χ3n) is 2.17. The van der Waals surface area contributed by atoms with Crippen LogP contribution in [0.5, 0.6) is 0 Å². The van der Waals surface area contributed by atoms with Crippen LogP contribution in [0.4, 0.5) is 0 Å². The number of nitrogens with one attached hydrogen (secondary N) is 1. The predicted molar refractivity (Wildman–Crippen MR) is 64.5 cm³/mol. The van der Waals surface area contributed by atoms with Crippen LogP contribution in [-0.2, 0) is 11.2 Å². The lowest BCUT2D eigenvalue weighted by Crippen LogP contribution is -2.30. The highest BCUT2D eigenvalue weighted by Gasteiger charge is 2.05. The molecule has 0 saturated heterocycles. The second-order valence-corrected chi connectivity index (χ2v) is 4.15. The van der Waals surface area contributed by atoms with Crippen molar-refractivity contribution < 1.29 is 9.90 Å². The maximum Gasteiger partial charge on any atom is 0.220 e. The standard InChI is InChI=1S/C12H16ClNO2/c1-9(15)8-14-12(16)7-6-10-4-2-3-5-11(10)13/h2-5,9,15H,6-8H2,1H3,(H,14,16)/t9-/m0/s1. The van der Waals surface area contributed by atoms with Crippen molar-refractivity contribution in [2.75, 3.05) is 6.54 Å². The molecule has 0 aliphatic rings. The molecule has 0 fully saturated rings. The lowest BCUT2D eigenvalue weighted by Gasteiger charge is -2.07. The van der Waals surface area contributed by atoms with Gasteiger partial charge in [-0.05, 0) is 25.0 Å². The zero-order valence-electron chi connectivity index (χ0n) is 9.24. The highest BCUT2D eigenvalue weighted by molar-refractivity contribution is 6.31. The molecule has 0 saturated carbocycles. The Morgan fingerprint density at radius 3 is 2.81 bits per heavy atom. The van der Waals surface area contributed by atoms with Gasteiger partial charge < -0.3 is 10.4 Å². The van der Waals surface area contributed by atoms with Crippen LogP contribution in [-0.4, -0.2) is 23.7 Å². The quantitative estimate of drug-likeness (QED) is 0.826. The fourth-order valence-electron chi connectivity index (χ4n) is 1.30. The number of aryl methyl sites for hydroxylation is 1. The van der Waals surface area contributed by atoms with Gasteiger partial charge in [-0.25, -0.2) is 0 Å². The Kier molecular flexibility index (Phi) is 5.29. The molecule has 0 heterocycles. The third kappa shape index (κ3) is 4.64. The number of hydrogen-bond donors (Lipinski definition) is 2. The van der Waals surface area contributed by atoms with Crippen LogP contribution in [0.2, 0.25) is 5.02 Å². The molecule has 4 heteroatoms. The largest absolute Gasteiger partial charge is 0.392 e. The van der Waals surface area contributed by atoms with Gasteiger partial charge in [-0.2, -0.15) is 0 Å². The summed E-state index contributed by atoms with van der Waals surface area (Å²) in [5, 5.41) is 12.3. The van der Waals surface area contributed by atoms with Crippen molar-refractivity contribution in [3.8, 4) is 0 Å². The first kappa shape index (κ1) is 13.0. The van der Waals surface area contributed by atoms with Crippen molar-refractivity contribution in [1.82, 2.24) is 5.32 Å². The number of benzene rings is 1. The third-order valence-corrected chi connectivity index (χ3v) is 2.54. The molecule has 0 unspecified atom stereocenters. The number of carbonyl (C=O) groups is 1. The van der Waals surface area contributed by atoms with E-state index >= 15 is 0 Å². The minimum absolute atomic E-state index is 0.0687. The zero-order chi connectivity index (χ0) is 12.0. The van der Waals surface area contributed by atoms with Gasteiger partial charge in [0.15, 0.2) is 0 Å². The molecule has 0 aliphatic carbocycles. The van der Waals surface area contributed by atoms with Crippen molar-refractivity contribution in [1.29, 1.82) is 0 Å². The van der Waals surface area contributed by atoms with E-state index in [-0.39, 0.29) is 5.91 Å². The van der Waals surface area contributed by atoms with E-state index < -0.39 is 6.10 Å². The molecule has 1 amide bonds. The van der Waals surface area contributed by atoms with Crippen LogP contribution in [0.1, 0.15) is 18.9 Å². The van der Waals surface area contributed by atoms with Crippen LogP contribution in [0.25, 0.3) is 0 Å². The molecule has 88 valence electrons. The van der Waals surface area contributed by atoms with Gasteiger partial charge in [-0.3, -0.25) is 4.79 Å². The maximum atomic E-state index is 11.4. The second-order valence-electron chi connectivity index (χ2n) is 3.74. The Labute approximate surface area is 100 Å². The number of carbonyl (C=O) groups excluding carboxylic acids is 1. The molecular formula is C12H16ClNO2. The van der Waals surface area contributed by atoms with Gasteiger partial charge in [0, 0.05) is 18.0 Å². The van der Waals surface area contributed by atoms with E-state index in [2.05, 4.69) is 5.32 Å². The molecule has 0 aliphatic heterocycles. The van der Waals surface area contributed by atoms with E-state index in [1.807, 2.05) is 24.3 Å². The van der Waals surface area contributed by atoms with Gasteiger partial charge in [-0.15, -0.1) is 0 Å². The average Bonchev–Trinajstić information content (AvgIpc) is 2.25. The van der Waals surface area contributed by atoms with Crippen LogP contribution in [0.15, 0.2) is 24.3 Å². The Balaban J connectivity index is 2.35. The van der Waals surface area contributed by atoms with E-state index in [1.165, 1.54) is 0 Å². The molecule has 1 aromatic rings. The predicted octanol–water partition coefficient (Wildman–Crippen LogP) is 1.77. The number of amides is 1. The number of hydrogen-bond acceptors (Lipinski definition) is 2. The highest BCUT2D eigenvalue weighted by atomic mass is 35.5. The van der Waals surface area contributed by atoms with E-state index in [0.29, 0.717) is 24.4 Å². The molecule has 1 aromatic carbocycles. The van der Waals surface area contributed by atoms with Crippen LogP contribution in [0, 0.1) is 0 Å². The van der Waals surface area contributed by atoms with Crippen molar-refractivity contribution >= 4 is 17.5 Å². The number of aliphatic hydroxyl groups is 1. The van der Waals surface area contributed by atoms with Crippen molar-refractivity contribution in [3.63, 3.8) is 0 Å². The summed E-state index contributed by atoms with van der Waals surface area (Å²) in [5.41, 5.74) is 0.969. The average molecular weight is 242 g/mol. The fourth-order valence-corrected chi connectivity index (χ4v) is 1.53. The first-order chi connectivity index (χ1) is 7.59. The van der Waals surface area contributed by atoms with Gasteiger partial charge in [0.25, 0.3) is 0 Å². The van der Waals surface area contributed by atoms with Crippen LogP contribution < -0.4 is 5.32 Å². The summed E-state index contributed by atoms with van der Waals surface area (Å²) in [7, 11) is 0. The summed E-state index contributed by atoms with van der Waals surface area (Å²) in [6, 6.07) is 7.48. The molecule has 3 nitrogen and oxygen atoms in total. The second kappa shape index (κ2) is 6.51. The van der Waals surface area contributed by atoms with E-state index in [1.54, 1.807) is 6.92 Å². The van der Waals surface area contributed by atoms with E-state index in [9.17, 15) is 4.79 Å². The number of halogens is 1. The van der Waals surface area contributed by atoms with Crippen molar-refractivity contribution in [2.24, 2.45) is 0 Å². The molecule has 1 rings (SSSR count). The number of rotatable bonds is 5. The first-order valence-electron chi connectivity index (χ1n) is 5.27. The summed E-state index contributed by atoms with van der Waals surface area (Å²) in [4.78, 5) is 11.4. The summed E-state index contributed by atoms with van der Waals surface area (Å²) in [6.07, 6.45) is 0.492. The lowest BCUT2D eigenvalue weighted by molar-refractivity contribution is -0.121. The molecule has 0 spiro atoms. The normalized spacial score (nSPS) is 12.2. The van der Waals surface area contributed by atoms with Gasteiger partial charge in [0.05, 0.1) is 6.10 Å². The summed E-state index contributed by atoms with van der Waals surface area (Å²) in [5.74, 6) is -0.0687. The monoisotopic (exact) mass is 241 g/mol. The molecule has 0 bridgehead atoms. The summed E-state index contributed by atoms with van der Waals surface area (Å²) >= 11 is 5.96. The van der Waals surface area contributed by atoms with Crippen molar-refractivity contribution in [2.45, 2.75) is 25.9 Å². The summed E-state index contributed by atoms with van der Waals surface area (Å²) in [6.45, 7) is 1.93. The SMILES string of the molecule is C[C@H](O)CNC(=O)CCc1ccccc1Cl. The lowest BCUT2D eigenvalue weighted by atomic mass is 10.1. The fraction of sp³-hybridized carbons (Fsp3) is 0.417. The van der Waals surface area contributed by atoms with Gasteiger partial charge in [0.1, 0.15) is 0 Å². The first-order valence-corrected chi connectivity index (χ1v) is 5.65. The molecule has 16 heavy (non-hydrogen) atoms. The topological polar surface area (TPSA) is 49.3 Å². The molecule has 0 aromatic heterocycles. The van der Waals surface area contributed by atoms with E-state index in [0.717, 1.165) is 5.56 Å². The molecule has 1 atom stereocenters. The molecule has 0 radical (unpaired) electrons. The maximum absolute atomic E-state index is 11.4. The Hall–Kier alpha value is -1.06. The zero-order valence-corrected chi connectivity index (χ0v) is 10.00. The van der Waals surface area contributed by atoms with E-state index in [4.69, 9.17) is 16.7 Å². The highest BCUT2D eigenvalue weighted by Crippen LogP contribution is 2.16. The van der Waals surface area contributed by atoms with Crippen molar-refractivity contribution in [3.05, 3.63) is 34.9 Å². The molecule has 2 N–H and O–H groups in total. The van der Waals surface area contributed by atoms with Crippen LogP contribution in [0.3, 0.4) is 0 Å². The number of aliphatic hydroxyl groups excluding tert-OH is 1.